The van der Waals surface area contributed by atoms with Crippen LogP contribution >= 0.6 is 0 Å². The second kappa shape index (κ2) is 5.67. The molecule has 3 aliphatic rings. The Balaban J connectivity index is 1.70. The maximum absolute atomic E-state index is 5.75. The van der Waals surface area contributed by atoms with Gasteiger partial charge in [-0.25, -0.2) is 10.8 Å². The van der Waals surface area contributed by atoms with E-state index in [-0.39, 0.29) is 0 Å². The van der Waals surface area contributed by atoms with Crippen molar-refractivity contribution in [3.05, 3.63) is 0 Å². The first-order valence-corrected chi connectivity index (χ1v) is 7.83. The minimum atomic E-state index is 0.486. The van der Waals surface area contributed by atoms with Gasteiger partial charge in [0.15, 0.2) is 0 Å². The van der Waals surface area contributed by atoms with Gasteiger partial charge in [0.25, 0.3) is 0 Å². The molecule has 3 N–H and O–H groups in total. The van der Waals surface area contributed by atoms with E-state index in [4.69, 9.17) is 10.8 Å². The summed E-state index contributed by atoms with van der Waals surface area (Å²) in [4.78, 5) is 9.89. The van der Waals surface area contributed by atoms with Crippen molar-refractivity contribution in [3.8, 4) is 0 Å². The molecule has 19 heavy (non-hydrogen) atoms. The van der Waals surface area contributed by atoms with Crippen LogP contribution in [-0.2, 0) is 0 Å². The van der Waals surface area contributed by atoms with Gasteiger partial charge in [-0.1, -0.05) is 12.8 Å². The summed E-state index contributed by atoms with van der Waals surface area (Å²) in [6.07, 6.45) is 7.75. The van der Waals surface area contributed by atoms with Crippen molar-refractivity contribution in [1.29, 1.82) is 0 Å². The summed E-state index contributed by atoms with van der Waals surface area (Å²) in [5, 5.41) is 0. The fraction of sp³-hybridized carbons (Fsp3) is 0.929. The fourth-order valence-corrected chi connectivity index (χ4v) is 3.88. The number of piperazine rings is 1. The second-order valence-electron chi connectivity index (χ2n) is 6.33. The molecule has 0 bridgehead atoms. The summed E-state index contributed by atoms with van der Waals surface area (Å²) in [7, 11) is 0. The number of nitrogens with one attached hydrogen (secondary N) is 1. The largest absolute Gasteiger partial charge is 0.336 e. The summed E-state index contributed by atoms with van der Waals surface area (Å²) in [6.45, 7) is 5.79. The van der Waals surface area contributed by atoms with Crippen molar-refractivity contribution in [2.75, 3.05) is 19.6 Å². The predicted octanol–water partition coefficient (Wildman–Crippen LogP) is 0.917. The van der Waals surface area contributed by atoms with E-state index in [9.17, 15) is 0 Å². The van der Waals surface area contributed by atoms with Crippen LogP contribution in [0, 0.1) is 0 Å². The maximum atomic E-state index is 5.75. The first-order valence-electron chi connectivity index (χ1n) is 7.83. The summed E-state index contributed by atoms with van der Waals surface area (Å²) in [5.74, 6) is 6.67. The highest BCUT2D eigenvalue weighted by Crippen LogP contribution is 2.26. The Morgan fingerprint density at radius 1 is 1.16 bits per heavy atom. The minimum absolute atomic E-state index is 0.486. The van der Waals surface area contributed by atoms with Crippen LogP contribution in [0.2, 0.25) is 0 Å². The smallest absolute Gasteiger partial charge is 0.209 e. The fourth-order valence-electron chi connectivity index (χ4n) is 3.88. The van der Waals surface area contributed by atoms with Crippen LogP contribution in [0.1, 0.15) is 45.4 Å². The van der Waals surface area contributed by atoms with Gasteiger partial charge >= 0.3 is 0 Å². The molecule has 0 aromatic heterocycles. The molecule has 2 heterocycles. The molecule has 2 atom stereocenters. The third kappa shape index (κ3) is 2.72. The number of hydrazine groups is 1. The van der Waals surface area contributed by atoms with Crippen molar-refractivity contribution in [2.45, 2.75) is 63.6 Å². The van der Waals surface area contributed by atoms with Gasteiger partial charge in [-0.2, -0.15) is 0 Å². The first-order chi connectivity index (χ1) is 9.28. The highest BCUT2D eigenvalue weighted by Gasteiger charge is 2.35. The Labute approximate surface area is 116 Å². The molecule has 0 amide bonds. The Morgan fingerprint density at radius 2 is 1.95 bits per heavy atom. The number of rotatable bonds is 1. The topological polar surface area (TPSA) is 56.9 Å². The molecular formula is C14H27N5. The van der Waals surface area contributed by atoms with E-state index in [0.717, 1.165) is 19.0 Å². The number of guanidine groups is 1. The first kappa shape index (κ1) is 13.2. The lowest BCUT2D eigenvalue weighted by atomic mass is 10.1. The van der Waals surface area contributed by atoms with Crippen molar-refractivity contribution < 1.29 is 0 Å². The van der Waals surface area contributed by atoms with Crippen LogP contribution < -0.4 is 11.3 Å². The third-order valence-electron chi connectivity index (χ3n) is 4.97. The molecular weight excluding hydrogens is 238 g/mol. The lowest BCUT2D eigenvalue weighted by molar-refractivity contribution is 0.106. The summed E-state index contributed by atoms with van der Waals surface area (Å²) in [6, 6.07) is 1.70. The average molecular weight is 265 g/mol. The predicted molar refractivity (Wildman–Crippen MR) is 77.8 cm³/mol. The van der Waals surface area contributed by atoms with E-state index in [0.29, 0.717) is 18.1 Å². The van der Waals surface area contributed by atoms with Gasteiger partial charge in [0.2, 0.25) is 5.96 Å². The van der Waals surface area contributed by atoms with Crippen LogP contribution in [0.5, 0.6) is 0 Å². The minimum Gasteiger partial charge on any atom is -0.336 e. The van der Waals surface area contributed by atoms with Crippen molar-refractivity contribution in [2.24, 2.45) is 10.8 Å². The lowest BCUT2D eigenvalue weighted by Gasteiger charge is -2.43. The van der Waals surface area contributed by atoms with Crippen LogP contribution in [0.15, 0.2) is 4.99 Å². The Kier molecular flexibility index (Phi) is 3.93. The van der Waals surface area contributed by atoms with E-state index in [2.05, 4.69) is 22.1 Å². The Hall–Kier alpha value is -0.810. The van der Waals surface area contributed by atoms with E-state index >= 15 is 0 Å². The van der Waals surface area contributed by atoms with Crippen molar-refractivity contribution in [1.82, 2.24) is 15.2 Å². The van der Waals surface area contributed by atoms with Gasteiger partial charge in [0, 0.05) is 25.2 Å². The van der Waals surface area contributed by atoms with Gasteiger partial charge in [-0.3, -0.25) is 10.3 Å². The molecule has 0 spiro atoms. The zero-order valence-corrected chi connectivity index (χ0v) is 12.0. The number of fused-ring (bicyclic) bond motifs is 1. The third-order valence-corrected chi connectivity index (χ3v) is 4.97. The molecule has 2 unspecified atom stereocenters. The van der Waals surface area contributed by atoms with Gasteiger partial charge in [0.05, 0.1) is 6.04 Å². The molecule has 2 saturated heterocycles. The lowest BCUT2D eigenvalue weighted by Crippen LogP contribution is -2.60. The number of hydrogen-bond acceptors (Lipinski definition) is 3. The quantitative estimate of drug-likeness (QED) is 0.320. The molecule has 0 radical (unpaired) electrons. The van der Waals surface area contributed by atoms with E-state index in [1.165, 1.54) is 45.1 Å². The SMILES string of the molecule is CC1CN2CCCC2CN1C(=NC1CCCC1)NN. The van der Waals surface area contributed by atoms with E-state index in [1.807, 2.05) is 0 Å². The van der Waals surface area contributed by atoms with E-state index < -0.39 is 0 Å². The zero-order chi connectivity index (χ0) is 13.2. The van der Waals surface area contributed by atoms with Crippen LogP contribution in [0.3, 0.4) is 0 Å². The average Bonchev–Trinajstić information content (AvgIpc) is 3.05. The molecule has 5 heteroatoms. The normalized spacial score (nSPS) is 33.8. The molecule has 1 aliphatic carbocycles. The van der Waals surface area contributed by atoms with Gasteiger partial charge in [0.1, 0.15) is 0 Å². The zero-order valence-electron chi connectivity index (χ0n) is 12.0. The molecule has 3 fully saturated rings. The van der Waals surface area contributed by atoms with E-state index in [1.54, 1.807) is 0 Å². The van der Waals surface area contributed by atoms with Gasteiger partial charge in [-0.05, 0) is 39.2 Å². The monoisotopic (exact) mass is 265 g/mol. The second-order valence-corrected chi connectivity index (χ2v) is 6.33. The summed E-state index contributed by atoms with van der Waals surface area (Å²) in [5.41, 5.74) is 2.87. The number of hydrogen-bond donors (Lipinski definition) is 2. The molecule has 0 aromatic carbocycles. The summed E-state index contributed by atoms with van der Waals surface area (Å²) >= 11 is 0. The summed E-state index contributed by atoms with van der Waals surface area (Å²) < 4.78 is 0. The Morgan fingerprint density at radius 3 is 2.68 bits per heavy atom. The number of nitrogens with zero attached hydrogens (tertiary/aromatic N) is 3. The highest BCUT2D eigenvalue weighted by molar-refractivity contribution is 5.80. The molecule has 0 aromatic rings. The van der Waals surface area contributed by atoms with Crippen LogP contribution in [0.25, 0.3) is 0 Å². The standard InChI is InChI=1S/C14H27N5/c1-11-9-18-8-4-7-13(18)10-19(11)14(17-15)16-12-5-2-3-6-12/h11-13H,2-10,15H2,1H3,(H,16,17). The van der Waals surface area contributed by atoms with Crippen LogP contribution in [-0.4, -0.2) is 53.5 Å². The number of nitrogens with two attached hydrogens (primary N) is 1. The Bertz CT molecular complexity index is 337. The van der Waals surface area contributed by atoms with Gasteiger partial charge in [-0.15, -0.1) is 0 Å². The van der Waals surface area contributed by atoms with Gasteiger partial charge < -0.3 is 4.90 Å². The molecule has 108 valence electrons. The number of aliphatic imine (C=N–C) groups is 1. The van der Waals surface area contributed by atoms with Crippen LogP contribution in [0.4, 0.5) is 0 Å². The molecule has 3 rings (SSSR count). The highest BCUT2D eigenvalue weighted by atomic mass is 15.4. The van der Waals surface area contributed by atoms with Crippen molar-refractivity contribution in [3.63, 3.8) is 0 Å². The molecule has 2 aliphatic heterocycles. The molecule has 1 saturated carbocycles. The molecule has 5 nitrogen and oxygen atoms in total. The van der Waals surface area contributed by atoms with Crippen molar-refractivity contribution >= 4 is 5.96 Å². The maximum Gasteiger partial charge on any atom is 0.209 e.